The molecule has 0 spiro atoms. The van der Waals surface area contributed by atoms with E-state index in [4.69, 9.17) is 4.74 Å². The molecule has 0 saturated carbocycles. The summed E-state index contributed by atoms with van der Waals surface area (Å²) in [7, 11) is 1.64. The molecule has 2 aromatic rings. The molecule has 28 heavy (non-hydrogen) atoms. The quantitative estimate of drug-likeness (QED) is 0.801. The van der Waals surface area contributed by atoms with E-state index in [-0.39, 0.29) is 11.8 Å². The third-order valence-corrected chi connectivity index (χ3v) is 5.36. The van der Waals surface area contributed by atoms with Gasteiger partial charge in [0.2, 0.25) is 5.91 Å². The van der Waals surface area contributed by atoms with E-state index in [2.05, 4.69) is 6.92 Å². The van der Waals surface area contributed by atoms with Gasteiger partial charge in [-0.25, -0.2) is 0 Å². The number of hydrogen-bond donors (Lipinski definition) is 0. The summed E-state index contributed by atoms with van der Waals surface area (Å²) in [6.07, 6.45) is 1.31. The van der Waals surface area contributed by atoms with Crippen LogP contribution in [0.25, 0.3) is 0 Å². The molecule has 0 N–H and O–H groups in total. The van der Waals surface area contributed by atoms with Crippen LogP contribution in [0, 0.1) is 6.92 Å². The van der Waals surface area contributed by atoms with Crippen molar-refractivity contribution < 1.29 is 14.3 Å². The molecule has 0 atom stereocenters. The second-order valence-corrected chi connectivity index (χ2v) is 7.20. The summed E-state index contributed by atoms with van der Waals surface area (Å²) in [5.74, 6) is 0.929. The average Bonchev–Trinajstić information content (AvgIpc) is 2.74. The highest BCUT2D eigenvalue weighted by Crippen LogP contribution is 2.20. The van der Waals surface area contributed by atoms with E-state index >= 15 is 0 Å². The Hall–Kier alpha value is -2.82. The molecule has 1 heterocycles. The lowest BCUT2D eigenvalue weighted by atomic mass is 10.1. The SMILES string of the molecule is CCc1ccc(C(=O)N2CCN(C(=O)Cc3ccc(C)c(OC)c3)CC2)cc1. The molecule has 0 bridgehead atoms. The summed E-state index contributed by atoms with van der Waals surface area (Å²) < 4.78 is 5.34. The standard InChI is InChI=1S/C23H28N2O3/c1-4-18-7-9-20(10-8-18)23(27)25-13-11-24(12-14-25)22(26)16-19-6-5-17(2)21(15-19)28-3/h5-10,15H,4,11-14,16H2,1-3H3. The van der Waals surface area contributed by atoms with Crippen molar-refractivity contribution in [3.63, 3.8) is 0 Å². The predicted molar refractivity (Wildman–Crippen MR) is 110 cm³/mol. The lowest BCUT2D eigenvalue weighted by molar-refractivity contribution is -0.131. The predicted octanol–water partition coefficient (Wildman–Crippen LogP) is 3.09. The molecule has 1 aliphatic heterocycles. The molecule has 0 aliphatic carbocycles. The molecule has 5 nitrogen and oxygen atoms in total. The molecule has 0 unspecified atom stereocenters. The molecule has 2 amide bonds. The first-order valence-corrected chi connectivity index (χ1v) is 9.81. The van der Waals surface area contributed by atoms with Crippen molar-refractivity contribution in [1.82, 2.24) is 9.80 Å². The number of benzene rings is 2. The average molecular weight is 380 g/mol. The minimum atomic E-state index is 0.0398. The van der Waals surface area contributed by atoms with E-state index < -0.39 is 0 Å². The Morgan fingerprint density at radius 1 is 0.929 bits per heavy atom. The van der Waals surface area contributed by atoms with Crippen LogP contribution in [0.2, 0.25) is 0 Å². The number of carbonyl (C=O) groups excluding carboxylic acids is 2. The molecule has 148 valence electrons. The minimum absolute atomic E-state index is 0.0398. The highest BCUT2D eigenvalue weighted by molar-refractivity contribution is 5.94. The summed E-state index contributed by atoms with van der Waals surface area (Å²) in [4.78, 5) is 29.0. The van der Waals surface area contributed by atoms with Gasteiger partial charge in [0.1, 0.15) is 5.75 Å². The highest BCUT2D eigenvalue weighted by Gasteiger charge is 2.25. The first kappa shape index (κ1) is 19.9. The Kier molecular flexibility index (Phi) is 6.34. The Bertz CT molecular complexity index is 837. The normalized spacial score (nSPS) is 14.1. The van der Waals surface area contributed by atoms with Crippen molar-refractivity contribution in [2.24, 2.45) is 0 Å². The number of amides is 2. The van der Waals surface area contributed by atoms with Crippen LogP contribution in [0.15, 0.2) is 42.5 Å². The summed E-state index contributed by atoms with van der Waals surface area (Å²) in [5, 5.41) is 0. The topological polar surface area (TPSA) is 49.9 Å². The van der Waals surface area contributed by atoms with Gasteiger partial charge in [-0.3, -0.25) is 9.59 Å². The molecule has 3 rings (SSSR count). The van der Waals surface area contributed by atoms with E-state index in [9.17, 15) is 9.59 Å². The first-order chi connectivity index (χ1) is 13.5. The maximum atomic E-state index is 12.7. The highest BCUT2D eigenvalue weighted by atomic mass is 16.5. The smallest absolute Gasteiger partial charge is 0.253 e. The number of methoxy groups -OCH3 is 1. The fraction of sp³-hybridized carbons (Fsp3) is 0.391. The molecule has 0 aromatic heterocycles. The van der Waals surface area contributed by atoms with Gasteiger partial charge in [-0.15, -0.1) is 0 Å². The van der Waals surface area contributed by atoms with Gasteiger partial charge in [-0.1, -0.05) is 31.2 Å². The maximum Gasteiger partial charge on any atom is 0.253 e. The Balaban J connectivity index is 1.55. The maximum absolute atomic E-state index is 12.7. The molecule has 1 fully saturated rings. The Morgan fingerprint density at radius 2 is 1.54 bits per heavy atom. The lowest BCUT2D eigenvalue weighted by Gasteiger charge is -2.35. The fourth-order valence-corrected chi connectivity index (χ4v) is 3.49. The van der Waals surface area contributed by atoms with Crippen molar-refractivity contribution in [3.05, 3.63) is 64.7 Å². The third-order valence-electron chi connectivity index (χ3n) is 5.36. The number of piperazine rings is 1. The number of carbonyl (C=O) groups is 2. The van der Waals surface area contributed by atoms with Crippen molar-refractivity contribution in [2.75, 3.05) is 33.3 Å². The van der Waals surface area contributed by atoms with Crippen molar-refractivity contribution in [2.45, 2.75) is 26.7 Å². The summed E-state index contributed by atoms with van der Waals surface area (Å²) in [6.45, 7) is 6.35. The zero-order valence-corrected chi connectivity index (χ0v) is 16.9. The second-order valence-electron chi connectivity index (χ2n) is 7.20. The number of ether oxygens (including phenoxy) is 1. The zero-order valence-electron chi connectivity index (χ0n) is 16.9. The van der Waals surface area contributed by atoms with Crippen LogP contribution in [0.1, 0.15) is 34.0 Å². The van der Waals surface area contributed by atoms with Gasteiger partial charge in [0, 0.05) is 31.7 Å². The van der Waals surface area contributed by atoms with Crippen LogP contribution in [-0.2, 0) is 17.6 Å². The third kappa shape index (κ3) is 4.53. The van der Waals surface area contributed by atoms with Gasteiger partial charge in [0.15, 0.2) is 0 Å². The fourth-order valence-electron chi connectivity index (χ4n) is 3.49. The van der Waals surface area contributed by atoms with Crippen LogP contribution in [-0.4, -0.2) is 54.9 Å². The first-order valence-electron chi connectivity index (χ1n) is 9.81. The molecule has 2 aromatic carbocycles. The summed E-state index contributed by atoms with van der Waals surface area (Å²) in [5.41, 5.74) is 3.93. The molecular weight excluding hydrogens is 352 g/mol. The van der Waals surface area contributed by atoms with Gasteiger partial charge in [0.05, 0.1) is 13.5 Å². The van der Waals surface area contributed by atoms with Gasteiger partial charge >= 0.3 is 0 Å². The molecule has 1 saturated heterocycles. The van der Waals surface area contributed by atoms with E-state index in [1.165, 1.54) is 5.56 Å². The van der Waals surface area contributed by atoms with Crippen molar-refractivity contribution >= 4 is 11.8 Å². The van der Waals surface area contributed by atoms with Gasteiger partial charge in [-0.2, -0.15) is 0 Å². The molecular formula is C23H28N2O3. The van der Waals surface area contributed by atoms with E-state index in [1.807, 2.05) is 59.2 Å². The number of rotatable bonds is 5. The molecule has 5 heteroatoms. The zero-order chi connectivity index (χ0) is 20.1. The summed E-state index contributed by atoms with van der Waals surface area (Å²) >= 11 is 0. The van der Waals surface area contributed by atoms with Crippen LogP contribution < -0.4 is 4.74 Å². The lowest BCUT2D eigenvalue weighted by Crippen LogP contribution is -2.51. The van der Waals surface area contributed by atoms with E-state index in [0.717, 1.165) is 23.3 Å². The van der Waals surface area contributed by atoms with E-state index in [0.29, 0.717) is 38.2 Å². The van der Waals surface area contributed by atoms with Crippen molar-refractivity contribution in [3.8, 4) is 5.75 Å². The second kappa shape index (κ2) is 8.91. The molecule has 1 aliphatic rings. The molecule has 0 radical (unpaired) electrons. The minimum Gasteiger partial charge on any atom is -0.496 e. The van der Waals surface area contributed by atoms with Crippen LogP contribution in [0.4, 0.5) is 0 Å². The van der Waals surface area contributed by atoms with Gasteiger partial charge in [0.25, 0.3) is 5.91 Å². The van der Waals surface area contributed by atoms with Crippen LogP contribution >= 0.6 is 0 Å². The Labute approximate surface area is 166 Å². The number of nitrogens with zero attached hydrogens (tertiary/aromatic N) is 2. The van der Waals surface area contributed by atoms with Gasteiger partial charge < -0.3 is 14.5 Å². The van der Waals surface area contributed by atoms with E-state index in [1.54, 1.807) is 7.11 Å². The number of aryl methyl sites for hydroxylation is 2. The Morgan fingerprint density at radius 3 is 2.14 bits per heavy atom. The van der Waals surface area contributed by atoms with Crippen LogP contribution in [0.5, 0.6) is 5.75 Å². The summed E-state index contributed by atoms with van der Waals surface area (Å²) in [6, 6.07) is 13.7. The number of hydrogen-bond acceptors (Lipinski definition) is 3. The monoisotopic (exact) mass is 380 g/mol. The van der Waals surface area contributed by atoms with Crippen molar-refractivity contribution in [1.29, 1.82) is 0 Å². The van der Waals surface area contributed by atoms with Gasteiger partial charge in [-0.05, 0) is 48.2 Å². The largest absolute Gasteiger partial charge is 0.496 e. The van der Waals surface area contributed by atoms with Crippen LogP contribution in [0.3, 0.4) is 0 Å².